The summed E-state index contributed by atoms with van der Waals surface area (Å²) in [5.74, 6) is 0. The molecular formula is C12H18N2O2S. The van der Waals surface area contributed by atoms with Gasteiger partial charge in [-0.15, -0.1) is 0 Å². The smallest absolute Gasteiger partial charge is 0.111 e. The van der Waals surface area contributed by atoms with Gasteiger partial charge in [0, 0.05) is 34.5 Å². The zero-order valence-corrected chi connectivity index (χ0v) is 10.8. The van der Waals surface area contributed by atoms with Gasteiger partial charge in [0.05, 0.1) is 5.69 Å². The second-order valence-electron chi connectivity index (χ2n) is 5.32. The lowest BCUT2D eigenvalue weighted by Crippen LogP contribution is -2.47. The van der Waals surface area contributed by atoms with E-state index in [4.69, 9.17) is 0 Å². The highest BCUT2D eigenvalue weighted by Gasteiger charge is 2.47. The quantitative estimate of drug-likeness (QED) is 0.815. The molecule has 0 aromatic carbocycles. The van der Waals surface area contributed by atoms with E-state index >= 15 is 0 Å². The molecule has 0 radical (unpaired) electrons. The lowest BCUT2D eigenvalue weighted by atomic mass is 9.83. The predicted octanol–water partition coefficient (Wildman–Crippen LogP) is 1.07. The van der Waals surface area contributed by atoms with Crippen molar-refractivity contribution in [2.24, 2.45) is 7.05 Å². The first kappa shape index (κ1) is 11.4. The van der Waals surface area contributed by atoms with Gasteiger partial charge in [-0.2, -0.15) is 5.10 Å². The first-order valence-electron chi connectivity index (χ1n) is 6.20. The SMILES string of the molecule is Cn1ccc(C2(O)CC3CCCC(C2)S3=O)n1. The molecule has 0 amide bonds. The Kier molecular flexibility index (Phi) is 2.63. The van der Waals surface area contributed by atoms with Gasteiger partial charge in [-0.3, -0.25) is 8.89 Å². The van der Waals surface area contributed by atoms with E-state index in [1.807, 2.05) is 19.3 Å². The third kappa shape index (κ3) is 1.85. The molecule has 1 N–H and O–H groups in total. The maximum absolute atomic E-state index is 12.1. The highest BCUT2D eigenvalue weighted by Crippen LogP contribution is 2.43. The second-order valence-corrected chi connectivity index (χ2v) is 7.31. The van der Waals surface area contributed by atoms with Gasteiger partial charge in [-0.25, -0.2) is 0 Å². The molecule has 2 aliphatic heterocycles. The summed E-state index contributed by atoms with van der Waals surface area (Å²) in [5.41, 5.74) is -0.112. The minimum atomic E-state index is -0.856. The summed E-state index contributed by atoms with van der Waals surface area (Å²) in [5, 5.41) is 15.4. The summed E-state index contributed by atoms with van der Waals surface area (Å²) in [6.45, 7) is 0. The van der Waals surface area contributed by atoms with Crippen molar-refractivity contribution in [1.29, 1.82) is 0 Å². The third-order valence-corrected chi connectivity index (χ3v) is 6.15. The Morgan fingerprint density at radius 3 is 2.65 bits per heavy atom. The van der Waals surface area contributed by atoms with Crippen LogP contribution in [-0.2, 0) is 23.4 Å². The molecule has 1 aromatic heterocycles. The van der Waals surface area contributed by atoms with Crippen molar-refractivity contribution in [3.63, 3.8) is 0 Å². The summed E-state index contributed by atoms with van der Waals surface area (Å²) in [7, 11) is 1.11. The number of nitrogens with zero attached hydrogens (tertiary/aromatic N) is 2. The summed E-state index contributed by atoms with van der Waals surface area (Å²) >= 11 is 0. The molecule has 0 aliphatic carbocycles. The van der Waals surface area contributed by atoms with Gasteiger partial charge in [-0.05, 0) is 31.7 Å². The van der Waals surface area contributed by atoms with Gasteiger partial charge in [0.2, 0.25) is 0 Å². The molecule has 2 fully saturated rings. The van der Waals surface area contributed by atoms with Crippen LogP contribution in [0.1, 0.15) is 37.8 Å². The van der Waals surface area contributed by atoms with E-state index in [2.05, 4.69) is 5.10 Å². The van der Waals surface area contributed by atoms with E-state index in [0.717, 1.165) is 25.0 Å². The lowest BCUT2D eigenvalue weighted by molar-refractivity contribution is 0.00203. The molecule has 2 atom stereocenters. The van der Waals surface area contributed by atoms with Crippen LogP contribution in [0.4, 0.5) is 0 Å². The molecule has 2 unspecified atom stereocenters. The number of fused-ring (bicyclic) bond motifs is 2. The van der Waals surface area contributed by atoms with Crippen LogP contribution in [0.3, 0.4) is 0 Å². The number of aryl methyl sites for hydroxylation is 1. The Morgan fingerprint density at radius 1 is 1.47 bits per heavy atom. The van der Waals surface area contributed by atoms with Crippen LogP contribution in [-0.4, -0.2) is 29.6 Å². The van der Waals surface area contributed by atoms with Crippen molar-refractivity contribution in [1.82, 2.24) is 9.78 Å². The molecule has 3 heterocycles. The summed E-state index contributed by atoms with van der Waals surface area (Å²) in [6, 6.07) is 1.88. The zero-order valence-electron chi connectivity index (χ0n) is 10.0. The summed E-state index contributed by atoms with van der Waals surface area (Å²) in [6.07, 6.45) is 6.19. The van der Waals surface area contributed by atoms with E-state index in [1.165, 1.54) is 0 Å². The van der Waals surface area contributed by atoms with Gasteiger partial charge >= 0.3 is 0 Å². The highest BCUT2D eigenvalue weighted by atomic mass is 32.2. The highest BCUT2D eigenvalue weighted by molar-refractivity contribution is 7.86. The van der Waals surface area contributed by atoms with Crippen molar-refractivity contribution in [3.8, 4) is 0 Å². The molecule has 4 nitrogen and oxygen atoms in total. The lowest BCUT2D eigenvalue weighted by Gasteiger charge is -2.42. The van der Waals surface area contributed by atoms with Crippen molar-refractivity contribution >= 4 is 10.8 Å². The Morgan fingerprint density at radius 2 is 2.12 bits per heavy atom. The van der Waals surface area contributed by atoms with Crippen molar-refractivity contribution in [2.45, 2.75) is 48.2 Å². The molecular weight excluding hydrogens is 236 g/mol. The average Bonchev–Trinajstić information content (AvgIpc) is 2.68. The van der Waals surface area contributed by atoms with E-state index in [0.29, 0.717) is 12.8 Å². The van der Waals surface area contributed by atoms with Crippen molar-refractivity contribution in [2.75, 3.05) is 0 Å². The fourth-order valence-electron chi connectivity index (χ4n) is 3.16. The molecule has 1 aromatic rings. The van der Waals surface area contributed by atoms with E-state index in [1.54, 1.807) is 4.68 Å². The molecule has 0 saturated carbocycles. The van der Waals surface area contributed by atoms with Crippen LogP contribution < -0.4 is 0 Å². The van der Waals surface area contributed by atoms with Gasteiger partial charge in [-0.1, -0.05) is 6.42 Å². The summed E-state index contributed by atoms with van der Waals surface area (Å²) < 4.78 is 13.8. The van der Waals surface area contributed by atoms with Crippen molar-refractivity contribution < 1.29 is 9.32 Å². The predicted molar refractivity (Wildman–Crippen MR) is 65.9 cm³/mol. The molecule has 2 saturated heterocycles. The standard InChI is InChI=1S/C12H18N2O2S/c1-14-6-5-11(13-14)12(15)7-9-3-2-4-10(8-12)17(9)16/h5-6,9-10,15H,2-4,7-8H2,1H3. The Labute approximate surface area is 103 Å². The molecule has 5 heteroatoms. The van der Waals surface area contributed by atoms with E-state index < -0.39 is 16.4 Å². The van der Waals surface area contributed by atoms with Gasteiger partial charge < -0.3 is 5.11 Å². The summed E-state index contributed by atoms with van der Waals surface area (Å²) in [4.78, 5) is 0. The Bertz CT molecular complexity index is 441. The number of hydrogen-bond acceptors (Lipinski definition) is 3. The molecule has 2 aliphatic rings. The first-order valence-corrected chi connectivity index (χ1v) is 7.48. The Balaban J connectivity index is 1.92. The number of aromatic nitrogens is 2. The number of rotatable bonds is 1. The normalized spacial score (nSPS) is 41.4. The van der Waals surface area contributed by atoms with E-state index in [-0.39, 0.29) is 10.5 Å². The van der Waals surface area contributed by atoms with Gasteiger partial charge in [0.1, 0.15) is 5.60 Å². The second kappa shape index (κ2) is 3.92. The fourth-order valence-corrected chi connectivity index (χ4v) is 5.38. The molecule has 94 valence electrons. The monoisotopic (exact) mass is 254 g/mol. The molecule has 0 spiro atoms. The molecule has 17 heavy (non-hydrogen) atoms. The van der Waals surface area contributed by atoms with Crippen LogP contribution >= 0.6 is 0 Å². The van der Waals surface area contributed by atoms with Crippen molar-refractivity contribution in [3.05, 3.63) is 18.0 Å². The van der Waals surface area contributed by atoms with Gasteiger partial charge in [0.15, 0.2) is 0 Å². The number of aliphatic hydroxyl groups is 1. The van der Waals surface area contributed by atoms with Crippen LogP contribution in [0.15, 0.2) is 12.3 Å². The average molecular weight is 254 g/mol. The maximum atomic E-state index is 12.1. The van der Waals surface area contributed by atoms with Crippen LogP contribution in [0.2, 0.25) is 0 Å². The Hall–Kier alpha value is -0.680. The zero-order chi connectivity index (χ0) is 12.0. The minimum absolute atomic E-state index is 0.162. The fraction of sp³-hybridized carbons (Fsp3) is 0.750. The third-order valence-electron chi connectivity index (χ3n) is 4.03. The largest absolute Gasteiger partial charge is 0.383 e. The minimum Gasteiger partial charge on any atom is -0.383 e. The number of hydrogen-bond donors (Lipinski definition) is 1. The maximum Gasteiger partial charge on any atom is 0.111 e. The first-order chi connectivity index (χ1) is 8.08. The topological polar surface area (TPSA) is 55.1 Å². The molecule has 3 rings (SSSR count). The van der Waals surface area contributed by atoms with Crippen LogP contribution in [0.25, 0.3) is 0 Å². The van der Waals surface area contributed by atoms with Gasteiger partial charge in [0.25, 0.3) is 0 Å². The molecule has 2 bridgehead atoms. The van der Waals surface area contributed by atoms with Crippen LogP contribution in [0.5, 0.6) is 0 Å². The van der Waals surface area contributed by atoms with Crippen LogP contribution in [0, 0.1) is 0 Å². The van der Waals surface area contributed by atoms with E-state index in [9.17, 15) is 9.32 Å².